The zero-order chi connectivity index (χ0) is 15.6. The van der Waals surface area contributed by atoms with Gasteiger partial charge in [0.25, 0.3) is 0 Å². The van der Waals surface area contributed by atoms with Crippen molar-refractivity contribution in [3.63, 3.8) is 0 Å². The van der Waals surface area contributed by atoms with Crippen molar-refractivity contribution in [1.82, 2.24) is 0 Å². The van der Waals surface area contributed by atoms with Crippen LogP contribution in [0.15, 0.2) is 39.8 Å². The van der Waals surface area contributed by atoms with Crippen LogP contribution < -0.4 is 16.2 Å². The van der Waals surface area contributed by atoms with E-state index in [1.807, 2.05) is 19.1 Å². The summed E-state index contributed by atoms with van der Waals surface area (Å²) in [7, 11) is -3.80. The van der Waals surface area contributed by atoms with Gasteiger partial charge < -0.3 is 15.5 Å². The lowest BCUT2D eigenvalue weighted by Gasteiger charge is -2.18. The van der Waals surface area contributed by atoms with Crippen LogP contribution in [0.3, 0.4) is 0 Å². The van der Waals surface area contributed by atoms with Gasteiger partial charge in [-0.15, -0.1) is 0 Å². The van der Waals surface area contributed by atoms with E-state index in [0.29, 0.717) is 23.4 Å². The van der Waals surface area contributed by atoms with Gasteiger partial charge >= 0.3 is 0 Å². The Morgan fingerprint density at radius 1 is 1.38 bits per heavy atom. The summed E-state index contributed by atoms with van der Waals surface area (Å²) < 4.78 is 28.5. The Balaban J connectivity index is 2.26. The van der Waals surface area contributed by atoms with Crippen LogP contribution in [-0.2, 0) is 16.4 Å². The predicted octanol–water partition coefficient (Wildman–Crippen LogP) is 1.86. The van der Waals surface area contributed by atoms with Crippen LogP contribution in [0.2, 0.25) is 0 Å². The van der Waals surface area contributed by atoms with Gasteiger partial charge in [-0.2, -0.15) is 0 Å². The summed E-state index contributed by atoms with van der Waals surface area (Å²) in [6.45, 7) is 3.67. The topological polar surface area (TPSA) is 111 Å². The Morgan fingerprint density at radius 2 is 2.10 bits per heavy atom. The third-order valence-corrected chi connectivity index (χ3v) is 4.22. The molecular formula is C14H19N3O3S. The summed E-state index contributed by atoms with van der Waals surface area (Å²) in [6, 6.07) is 6.83. The van der Waals surface area contributed by atoms with E-state index in [-0.39, 0.29) is 10.9 Å². The second-order valence-electron chi connectivity index (χ2n) is 5.07. The zero-order valence-corrected chi connectivity index (χ0v) is 12.8. The number of hydrogen-bond acceptors (Lipinski definition) is 5. The number of nitrogens with one attached hydrogen (secondary N) is 1. The molecule has 0 aliphatic heterocycles. The fraction of sp³-hybridized carbons (Fsp3) is 0.286. The van der Waals surface area contributed by atoms with Crippen LogP contribution in [0, 0.1) is 6.92 Å². The molecule has 2 aromatic rings. The molecule has 0 amide bonds. The summed E-state index contributed by atoms with van der Waals surface area (Å²) in [4.78, 5) is 0.0372. The van der Waals surface area contributed by atoms with Gasteiger partial charge in [0.15, 0.2) is 0 Å². The lowest BCUT2D eigenvalue weighted by molar-refractivity contribution is 0.497. The highest BCUT2D eigenvalue weighted by atomic mass is 32.2. The van der Waals surface area contributed by atoms with Crippen LogP contribution in [0.4, 0.5) is 11.4 Å². The molecule has 114 valence electrons. The lowest BCUT2D eigenvalue weighted by atomic mass is 10.1. The number of anilines is 2. The summed E-state index contributed by atoms with van der Waals surface area (Å²) in [5, 5.41) is 8.45. The van der Waals surface area contributed by atoms with Crippen molar-refractivity contribution in [2.75, 3.05) is 11.1 Å². The van der Waals surface area contributed by atoms with Gasteiger partial charge in [0, 0.05) is 23.8 Å². The van der Waals surface area contributed by atoms with E-state index in [9.17, 15) is 8.42 Å². The average molecular weight is 309 g/mol. The molecule has 0 aliphatic rings. The monoisotopic (exact) mass is 309 g/mol. The van der Waals surface area contributed by atoms with Crippen molar-refractivity contribution in [1.29, 1.82) is 0 Å². The predicted molar refractivity (Wildman–Crippen MR) is 82.5 cm³/mol. The minimum absolute atomic E-state index is 0.0372. The third-order valence-electron chi connectivity index (χ3n) is 3.18. The molecule has 1 heterocycles. The number of primary sulfonamides is 1. The van der Waals surface area contributed by atoms with Crippen LogP contribution in [-0.4, -0.2) is 14.5 Å². The van der Waals surface area contributed by atoms with E-state index in [2.05, 4.69) is 5.32 Å². The number of sulfonamides is 1. The Hall–Kier alpha value is -1.99. The Kier molecular flexibility index (Phi) is 4.24. The summed E-state index contributed by atoms with van der Waals surface area (Å²) in [6.07, 6.45) is 2.29. The summed E-state index contributed by atoms with van der Waals surface area (Å²) >= 11 is 0. The first-order valence-corrected chi connectivity index (χ1v) is 8.04. The Labute approximate surface area is 124 Å². The number of benzene rings is 1. The molecule has 0 fully saturated rings. The van der Waals surface area contributed by atoms with E-state index >= 15 is 0 Å². The van der Waals surface area contributed by atoms with Gasteiger partial charge in [-0.25, -0.2) is 13.6 Å². The highest BCUT2D eigenvalue weighted by Crippen LogP contribution is 2.27. The van der Waals surface area contributed by atoms with Crippen LogP contribution >= 0.6 is 0 Å². The smallest absolute Gasteiger partial charge is 0.238 e. The maximum atomic E-state index is 11.6. The van der Waals surface area contributed by atoms with E-state index in [1.54, 1.807) is 19.3 Å². The SMILES string of the molecule is Cc1c(NC(C)Cc2ccco2)cc(N)cc1S(N)(=O)=O. The standard InChI is InChI=1S/C14H19N3O3S/c1-9(6-12-4-3-5-20-12)17-13-7-11(15)8-14(10(13)2)21(16,18)19/h3-5,7-9,17H,6,15H2,1-2H3,(H2,16,18,19). The first-order valence-electron chi connectivity index (χ1n) is 6.49. The van der Waals surface area contributed by atoms with Crippen LogP contribution in [0.25, 0.3) is 0 Å². The number of nitrogen functional groups attached to an aromatic ring is 1. The molecule has 0 aliphatic carbocycles. The van der Waals surface area contributed by atoms with E-state index < -0.39 is 10.0 Å². The molecular weight excluding hydrogens is 290 g/mol. The van der Waals surface area contributed by atoms with Crippen molar-refractivity contribution in [2.45, 2.75) is 31.2 Å². The molecule has 2 rings (SSSR count). The molecule has 0 saturated heterocycles. The minimum Gasteiger partial charge on any atom is -0.469 e. The van der Waals surface area contributed by atoms with E-state index in [4.69, 9.17) is 15.3 Å². The van der Waals surface area contributed by atoms with Gasteiger partial charge in [0.1, 0.15) is 5.76 Å². The van der Waals surface area contributed by atoms with Crippen molar-refractivity contribution >= 4 is 21.4 Å². The molecule has 0 spiro atoms. The number of rotatable bonds is 5. The maximum absolute atomic E-state index is 11.6. The second-order valence-corrected chi connectivity index (χ2v) is 6.60. The lowest BCUT2D eigenvalue weighted by Crippen LogP contribution is -2.20. The first kappa shape index (κ1) is 15.4. The molecule has 5 N–H and O–H groups in total. The van der Waals surface area contributed by atoms with Gasteiger partial charge in [-0.05, 0) is 43.7 Å². The fourth-order valence-corrected chi connectivity index (χ4v) is 3.04. The Bertz CT molecular complexity index is 724. The largest absolute Gasteiger partial charge is 0.469 e. The molecule has 7 heteroatoms. The first-order chi connectivity index (χ1) is 9.77. The molecule has 6 nitrogen and oxygen atoms in total. The number of nitrogens with two attached hydrogens (primary N) is 2. The van der Waals surface area contributed by atoms with Crippen molar-refractivity contribution in [3.05, 3.63) is 41.9 Å². The highest BCUT2D eigenvalue weighted by molar-refractivity contribution is 7.89. The highest BCUT2D eigenvalue weighted by Gasteiger charge is 2.17. The molecule has 1 atom stereocenters. The van der Waals surface area contributed by atoms with Crippen molar-refractivity contribution < 1.29 is 12.8 Å². The molecule has 1 aromatic heterocycles. The van der Waals surface area contributed by atoms with Gasteiger partial charge in [0.2, 0.25) is 10.0 Å². The second kappa shape index (κ2) is 5.79. The Morgan fingerprint density at radius 3 is 2.67 bits per heavy atom. The average Bonchev–Trinajstić information content (AvgIpc) is 2.84. The van der Waals surface area contributed by atoms with Crippen molar-refractivity contribution in [2.24, 2.45) is 5.14 Å². The number of furan rings is 1. The third kappa shape index (κ3) is 3.77. The molecule has 0 saturated carbocycles. The van der Waals surface area contributed by atoms with Gasteiger partial charge in [-0.3, -0.25) is 0 Å². The zero-order valence-electron chi connectivity index (χ0n) is 12.0. The summed E-state index contributed by atoms with van der Waals surface area (Å²) in [5.41, 5.74) is 7.31. The van der Waals surface area contributed by atoms with E-state index in [1.165, 1.54) is 6.07 Å². The molecule has 1 unspecified atom stereocenters. The minimum atomic E-state index is -3.80. The van der Waals surface area contributed by atoms with Crippen LogP contribution in [0.5, 0.6) is 0 Å². The normalized spacial score (nSPS) is 13.1. The number of hydrogen-bond donors (Lipinski definition) is 3. The van der Waals surface area contributed by atoms with Crippen molar-refractivity contribution in [3.8, 4) is 0 Å². The molecule has 21 heavy (non-hydrogen) atoms. The van der Waals surface area contributed by atoms with E-state index in [0.717, 1.165) is 5.76 Å². The van der Waals surface area contributed by atoms with Gasteiger partial charge in [0.05, 0.1) is 11.2 Å². The maximum Gasteiger partial charge on any atom is 0.238 e. The fourth-order valence-electron chi connectivity index (χ4n) is 2.20. The quantitative estimate of drug-likeness (QED) is 0.730. The molecule has 0 radical (unpaired) electrons. The molecule has 0 bridgehead atoms. The van der Waals surface area contributed by atoms with Crippen LogP contribution in [0.1, 0.15) is 18.2 Å². The van der Waals surface area contributed by atoms with Gasteiger partial charge in [-0.1, -0.05) is 0 Å². The molecule has 1 aromatic carbocycles. The summed E-state index contributed by atoms with van der Waals surface area (Å²) in [5.74, 6) is 0.850.